The van der Waals surface area contributed by atoms with E-state index in [-0.39, 0.29) is 32.8 Å². The third-order valence-electron chi connectivity index (χ3n) is 5.01. The predicted octanol–water partition coefficient (Wildman–Crippen LogP) is 4.61. The van der Waals surface area contributed by atoms with Crippen molar-refractivity contribution in [2.24, 2.45) is 12.0 Å². The second-order valence-electron chi connectivity index (χ2n) is 7.73. The molecule has 0 radical (unpaired) electrons. The molecule has 1 aliphatic heterocycles. The number of ether oxygens (including phenoxy) is 1. The zero-order valence-electron chi connectivity index (χ0n) is 19.3. The Kier molecular flexibility index (Phi) is 8.02. The lowest BCUT2D eigenvalue weighted by Crippen LogP contribution is -2.38. The second kappa shape index (κ2) is 11.0. The van der Waals surface area contributed by atoms with E-state index in [1.165, 1.54) is 12.1 Å². The molecule has 1 aromatic heterocycles. The molecule has 15 heteroatoms. The van der Waals surface area contributed by atoms with Crippen LogP contribution in [0.2, 0.25) is 5.02 Å². The van der Waals surface area contributed by atoms with Gasteiger partial charge in [0, 0.05) is 23.7 Å². The highest BCUT2D eigenvalue weighted by atomic mass is 35.5. The van der Waals surface area contributed by atoms with Crippen molar-refractivity contribution in [3.05, 3.63) is 59.4 Å². The van der Waals surface area contributed by atoms with Crippen LogP contribution < -0.4 is 20.5 Å². The van der Waals surface area contributed by atoms with Gasteiger partial charge in [0.2, 0.25) is 11.0 Å². The smallest absolute Gasteiger partial charge is 0.404 e. The van der Waals surface area contributed by atoms with Gasteiger partial charge in [-0.2, -0.15) is 10.1 Å². The quantitative estimate of drug-likeness (QED) is 0.328. The number of aryl methyl sites for hydroxylation is 1. The summed E-state index contributed by atoms with van der Waals surface area (Å²) < 4.78 is 44.4. The number of aliphatic imine (C=N–C) groups is 1. The van der Waals surface area contributed by atoms with Gasteiger partial charge in [0.1, 0.15) is 6.33 Å². The molecule has 194 valence electrons. The Morgan fingerprint density at radius 3 is 2.65 bits per heavy atom. The van der Waals surface area contributed by atoms with Crippen molar-refractivity contribution >= 4 is 57.5 Å². The first kappa shape index (κ1) is 26.9. The standard InChI is InChI=1S/C22H19ClF3N7O2S2/c1-12(13-3-5-14(6-4-13)19-27-11-32(2)31-19)29-30-20(36)28-21-33(18(34)10-37-21)16-9-15(23)7-8-17(16)35-22(24,25)26/h3-9,11-12,29H,10H2,1-2H3,(H,30,36). The fourth-order valence-electron chi connectivity index (χ4n) is 3.32. The van der Waals surface area contributed by atoms with Crippen LogP contribution in [-0.2, 0) is 11.8 Å². The van der Waals surface area contributed by atoms with E-state index in [9.17, 15) is 18.0 Å². The molecule has 37 heavy (non-hydrogen) atoms. The van der Waals surface area contributed by atoms with Gasteiger partial charge in [-0.15, -0.1) is 13.2 Å². The summed E-state index contributed by atoms with van der Waals surface area (Å²) in [6.45, 7) is 1.89. The first-order chi connectivity index (χ1) is 17.5. The Morgan fingerprint density at radius 2 is 2.00 bits per heavy atom. The summed E-state index contributed by atoms with van der Waals surface area (Å²) in [5.41, 5.74) is 7.41. The highest BCUT2D eigenvalue weighted by Crippen LogP contribution is 2.38. The number of hydrogen-bond donors (Lipinski definition) is 2. The van der Waals surface area contributed by atoms with Gasteiger partial charge in [-0.1, -0.05) is 47.6 Å². The Balaban J connectivity index is 1.45. The number of anilines is 1. The van der Waals surface area contributed by atoms with E-state index in [0.29, 0.717) is 5.82 Å². The second-order valence-corrected chi connectivity index (χ2v) is 9.50. The van der Waals surface area contributed by atoms with Crippen molar-refractivity contribution in [2.45, 2.75) is 19.3 Å². The molecular formula is C22H19ClF3N7O2S2. The van der Waals surface area contributed by atoms with Crippen LogP contribution in [0.15, 0.2) is 53.8 Å². The number of amides is 1. The van der Waals surface area contributed by atoms with Crippen LogP contribution in [-0.4, -0.2) is 43.1 Å². The fourth-order valence-corrected chi connectivity index (χ4v) is 4.55. The number of carbonyl (C=O) groups is 1. The number of carbonyl (C=O) groups excluding carboxylic acids is 1. The summed E-state index contributed by atoms with van der Waals surface area (Å²) >= 11 is 12.3. The number of alkyl halides is 3. The van der Waals surface area contributed by atoms with Crippen molar-refractivity contribution in [1.29, 1.82) is 0 Å². The minimum Gasteiger partial charge on any atom is -0.404 e. The monoisotopic (exact) mass is 569 g/mol. The number of thioether (sulfide) groups is 1. The average molecular weight is 570 g/mol. The van der Waals surface area contributed by atoms with Crippen LogP contribution in [0.3, 0.4) is 0 Å². The molecule has 0 saturated carbocycles. The number of benzene rings is 2. The molecule has 0 aliphatic carbocycles. The van der Waals surface area contributed by atoms with Crippen molar-refractivity contribution in [3.8, 4) is 17.1 Å². The molecule has 2 heterocycles. The lowest BCUT2D eigenvalue weighted by Gasteiger charge is -2.21. The molecular weight excluding hydrogens is 551 g/mol. The van der Waals surface area contributed by atoms with Gasteiger partial charge in [-0.3, -0.25) is 19.8 Å². The van der Waals surface area contributed by atoms with Gasteiger partial charge in [0.15, 0.2) is 16.7 Å². The Hall–Kier alpha value is -3.20. The molecule has 1 aliphatic rings. The lowest BCUT2D eigenvalue weighted by molar-refractivity contribution is -0.274. The number of amidine groups is 1. The Morgan fingerprint density at radius 1 is 1.27 bits per heavy atom. The van der Waals surface area contributed by atoms with E-state index in [4.69, 9.17) is 23.8 Å². The third kappa shape index (κ3) is 6.77. The highest BCUT2D eigenvalue weighted by molar-refractivity contribution is 8.15. The maximum Gasteiger partial charge on any atom is 0.573 e. The van der Waals surface area contributed by atoms with Crippen molar-refractivity contribution in [2.75, 3.05) is 10.7 Å². The Labute approximate surface area is 224 Å². The summed E-state index contributed by atoms with van der Waals surface area (Å²) in [5, 5.41) is 4.45. The maximum absolute atomic E-state index is 12.9. The topological polar surface area (TPSA) is 96.7 Å². The van der Waals surface area contributed by atoms with E-state index < -0.39 is 18.0 Å². The van der Waals surface area contributed by atoms with E-state index in [1.807, 2.05) is 31.2 Å². The minimum atomic E-state index is -4.96. The summed E-state index contributed by atoms with van der Waals surface area (Å²) in [6.07, 6.45) is -3.34. The summed E-state index contributed by atoms with van der Waals surface area (Å²) in [4.78, 5) is 22.0. The number of hydrazine groups is 1. The van der Waals surface area contributed by atoms with Crippen LogP contribution >= 0.6 is 35.6 Å². The van der Waals surface area contributed by atoms with Gasteiger partial charge in [-0.25, -0.2) is 10.4 Å². The summed E-state index contributed by atoms with van der Waals surface area (Å²) in [5.74, 6) is -0.512. The van der Waals surface area contributed by atoms with Gasteiger partial charge < -0.3 is 4.74 Å². The molecule has 4 rings (SSSR count). The third-order valence-corrected chi connectivity index (χ3v) is 6.37. The molecule has 0 spiro atoms. The molecule has 2 aromatic carbocycles. The largest absolute Gasteiger partial charge is 0.573 e. The highest BCUT2D eigenvalue weighted by Gasteiger charge is 2.37. The SMILES string of the molecule is CC(NNC(=S)N=C1SCC(=O)N1c1cc(Cl)ccc1OC(F)(F)F)c1ccc(-c2ncn(C)n2)cc1. The number of thiocarbonyl (C=S) groups is 1. The normalized spacial score (nSPS) is 15.8. The first-order valence-corrected chi connectivity index (χ1v) is 12.4. The molecule has 0 bridgehead atoms. The summed E-state index contributed by atoms with van der Waals surface area (Å²) in [6, 6.07) is 10.9. The van der Waals surface area contributed by atoms with Crippen LogP contribution in [0.1, 0.15) is 18.5 Å². The van der Waals surface area contributed by atoms with Crippen molar-refractivity contribution < 1.29 is 22.7 Å². The first-order valence-electron chi connectivity index (χ1n) is 10.6. The van der Waals surface area contributed by atoms with Gasteiger partial charge in [0.05, 0.1) is 11.4 Å². The minimum absolute atomic E-state index is 0.0244. The van der Waals surface area contributed by atoms with E-state index in [1.54, 1.807) is 18.1 Å². The Bertz CT molecular complexity index is 1350. The molecule has 9 nitrogen and oxygen atoms in total. The number of halogens is 4. The van der Waals surface area contributed by atoms with Crippen LogP contribution in [0.5, 0.6) is 5.75 Å². The molecule has 1 saturated heterocycles. The number of rotatable bonds is 6. The van der Waals surface area contributed by atoms with E-state index in [2.05, 4.69) is 30.7 Å². The van der Waals surface area contributed by atoms with E-state index >= 15 is 0 Å². The van der Waals surface area contributed by atoms with Crippen molar-refractivity contribution in [3.63, 3.8) is 0 Å². The molecule has 1 amide bonds. The molecule has 1 atom stereocenters. The number of nitrogens with zero attached hydrogens (tertiary/aromatic N) is 5. The zero-order chi connectivity index (χ0) is 26.7. The number of nitrogens with one attached hydrogen (secondary N) is 2. The van der Waals surface area contributed by atoms with Crippen LogP contribution in [0, 0.1) is 0 Å². The van der Waals surface area contributed by atoms with Gasteiger partial charge in [-0.05, 0) is 42.9 Å². The van der Waals surface area contributed by atoms with Crippen LogP contribution in [0.4, 0.5) is 18.9 Å². The number of aromatic nitrogens is 3. The van der Waals surface area contributed by atoms with Crippen LogP contribution in [0.25, 0.3) is 11.4 Å². The van der Waals surface area contributed by atoms with Gasteiger partial charge in [0.25, 0.3) is 0 Å². The summed E-state index contributed by atoms with van der Waals surface area (Å²) in [7, 11) is 1.79. The molecule has 3 aromatic rings. The lowest BCUT2D eigenvalue weighted by atomic mass is 10.1. The predicted molar refractivity (Wildman–Crippen MR) is 139 cm³/mol. The molecule has 1 fully saturated rings. The molecule has 1 unspecified atom stereocenters. The van der Waals surface area contributed by atoms with Gasteiger partial charge >= 0.3 is 6.36 Å². The average Bonchev–Trinajstić information content (AvgIpc) is 3.43. The van der Waals surface area contributed by atoms with E-state index in [0.717, 1.165) is 33.9 Å². The zero-order valence-corrected chi connectivity index (χ0v) is 21.7. The maximum atomic E-state index is 12.9. The van der Waals surface area contributed by atoms with Crippen molar-refractivity contribution in [1.82, 2.24) is 25.6 Å². The fraction of sp³-hybridized carbons (Fsp3) is 0.227. The number of hydrogen-bond acceptors (Lipinski definition) is 7. The molecule has 2 N–H and O–H groups in total.